The largest absolute Gasteiger partial charge is 0.368 e. The summed E-state index contributed by atoms with van der Waals surface area (Å²) in [6.45, 7) is 2.62. The fourth-order valence-corrected chi connectivity index (χ4v) is 6.07. The molecule has 1 N–H and O–H groups in total. The highest BCUT2D eigenvalue weighted by molar-refractivity contribution is 7.91. The highest BCUT2D eigenvalue weighted by Crippen LogP contribution is 2.27. The molecule has 3 rings (SSSR count). The van der Waals surface area contributed by atoms with Crippen LogP contribution in [0.1, 0.15) is 6.42 Å². The molecule has 31 heavy (non-hydrogen) atoms. The van der Waals surface area contributed by atoms with Crippen molar-refractivity contribution in [3.8, 4) is 0 Å². The van der Waals surface area contributed by atoms with Gasteiger partial charge in [0.15, 0.2) is 0 Å². The first-order valence-electron chi connectivity index (χ1n) is 9.83. The number of carbonyl (C=O) groups is 2. The van der Waals surface area contributed by atoms with Crippen molar-refractivity contribution >= 4 is 50.5 Å². The third-order valence-electron chi connectivity index (χ3n) is 4.99. The molecule has 1 saturated heterocycles. The van der Waals surface area contributed by atoms with Crippen LogP contribution in [-0.4, -0.2) is 75.8 Å². The second-order valence-corrected chi connectivity index (χ2v) is 11.1. The summed E-state index contributed by atoms with van der Waals surface area (Å²) >= 11 is 6.73. The summed E-state index contributed by atoms with van der Waals surface area (Å²) in [6.07, 6.45) is 0.175. The van der Waals surface area contributed by atoms with Gasteiger partial charge in [-0.15, -0.1) is 11.3 Å². The number of piperazine rings is 1. The normalized spacial score (nSPS) is 14.7. The summed E-state index contributed by atoms with van der Waals surface area (Å²) in [4.78, 5) is 28.6. The van der Waals surface area contributed by atoms with Crippen LogP contribution in [0.15, 0.2) is 46.7 Å². The van der Waals surface area contributed by atoms with E-state index in [1.165, 1.54) is 19.2 Å². The maximum atomic E-state index is 12.4. The minimum absolute atomic E-state index is 0.0257. The number of carbonyl (C=O) groups excluding carboxylic acids is 2. The summed E-state index contributed by atoms with van der Waals surface area (Å²) in [7, 11) is -2.44. The molecule has 0 radical (unpaired) electrons. The van der Waals surface area contributed by atoms with Crippen LogP contribution in [0.25, 0.3) is 0 Å². The zero-order chi connectivity index (χ0) is 22.4. The van der Waals surface area contributed by atoms with E-state index in [1.54, 1.807) is 4.90 Å². The van der Waals surface area contributed by atoms with E-state index in [-0.39, 0.29) is 29.6 Å². The molecule has 1 fully saturated rings. The van der Waals surface area contributed by atoms with Crippen molar-refractivity contribution in [2.24, 2.45) is 0 Å². The van der Waals surface area contributed by atoms with E-state index < -0.39 is 15.9 Å². The first-order valence-corrected chi connectivity index (χ1v) is 12.5. The summed E-state index contributed by atoms with van der Waals surface area (Å²) in [5.74, 6) is -0.488. The number of halogens is 1. The predicted octanol–water partition coefficient (Wildman–Crippen LogP) is 1.88. The Morgan fingerprint density at radius 1 is 1.10 bits per heavy atom. The van der Waals surface area contributed by atoms with Gasteiger partial charge in [0.2, 0.25) is 11.8 Å². The number of sulfonamides is 1. The summed E-state index contributed by atoms with van der Waals surface area (Å²) in [5, 5.41) is 2.62. The molecule has 0 unspecified atom stereocenters. The Kier molecular flexibility index (Phi) is 7.93. The maximum Gasteiger partial charge on any atom is 0.252 e. The number of rotatable bonds is 8. The van der Waals surface area contributed by atoms with Crippen LogP contribution in [0, 0.1) is 0 Å². The molecule has 0 aliphatic carbocycles. The van der Waals surface area contributed by atoms with Crippen LogP contribution in [0.2, 0.25) is 4.34 Å². The number of nitrogens with one attached hydrogen (secondary N) is 1. The number of hydrogen-bond acceptors (Lipinski definition) is 6. The lowest BCUT2D eigenvalue weighted by Gasteiger charge is -2.36. The van der Waals surface area contributed by atoms with Crippen LogP contribution in [-0.2, 0) is 19.6 Å². The molecule has 2 aromatic rings. The Bertz CT molecular complexity index is 1010. The Hall–Kier alpha value is -2.14. The molecular formula is C20H25ClN4O4S2. The Morgan fingerprint density at radius 3 is 2.39 bits per heavy atom. The second-order valence-electron chi connectivity index (χ2n) is 7.12. The molecule has 168 valence electrons. The number of para-hydroxylation sites is 1. The third kappa shape index (κ3) is 6.19. The molecule has 1 aliphatic heterocycles. The minimum Gasteiger partial charge on any atom is -0.368 e. The SMILES string of the molecule is CN(CC(=O)NCCC(=O)N1CCN(c2ccccc2)CC1)S(=O)(=O)c1ccc(Cl)s1. The lowest BCUT2D eigenvalue weighted by atomic mass is 10.2. The zero-order valence-electron chi connectivity index (χ0n) is 17.2. The first-order chi connectivity index (χ1) is 14.8. The van der Waals surface area contributed by atoms with Crippen LogP contribution in [0.5, 0.6) is 0 Å². The van der Waals surface area contributed by atoms with E-state index in [0.29, 0.717) is 17.4 Å². The van der Waals surface area contributed by atoms with Crippen molar-refractivity contribution in [3.63, 3.8) is 0 Å². The van der Waals surface area contributed by atoms with Crippen LogP contribution in [0.4, 0.5) is 5.69 Å². The number of anilines is 1. The van der Waals surface area contributed by atoms with Crippen molar-refractivity contribution in [2.75, 3.05) is 51.2 Å². The number of benzene rings is 1. The van der Waals surface area contributed by atoms with E-state index >= 15 is 0 Å². The molecule has 1 aromatic heterocycles. The van der Waals surface area contributed by atoms with Crippen molar-refractivity contribution in [2.45, 2.75) is 10.6 Å². The number of amides is 2. The Balaban J connectivity index is 1.39. The fourth-order valence-electron chi connectivity index (χ4n) is 3.25. The first kappa shape index (κ1) is 23.5. The highest BCUT2D eigenvalue weighted by atomic mass is 35.5. The van der Waals surface area contributed by atoms with E-state index in [2.05, 4.69) is 22.3 Å². The predicted molar refractivity (Wildman–Crippen MR) is 122 cm³/mol. The van der Waals surface area contributed by atoms with Gasteiger partial charge in [0.1, 0.15) is 4.21 Å². The molecular weight excluding hydrogens is 460 g/mol. The number of thiophene rings is 1. The summed E-state index contributed by atoms with van der Waals surface area (Å²) in [6, 6.07) is 13.0. The number of hydrogen-bond donors (Lipinski definition) is 1. The third-order valence-corrected chi connectivity index (χ3v) is 8.50. The van der Waals surface area contributed by atoms with Crippen molar-refractivity contribution < 1.29 is 18.0 Å². The van der Waals surface area contributed by atoms with E-state index in [1.807, 2.05) is 18.2 Å². The van der Waals surface area contributed by atoms with Gasteiger partial charge in [-0.25, -0.2) is 8.42 Å². The average molecular weight is 485 g/mol. The molecule has 11 heteroatoms. The molecule has 2 heterocycles. The lowest BCUT2D eigenvalue weighted by Crippen LogP contribution is -2.49. The molecule has 0 saturated carbocycles. The van der Waals surface area contributed by atoms with Gasteiger partial charge < -0.3 is 15.1 Å². The molecule has 0 spiro atoms. The van der Waals surface area contributed by atoms with Gasteiger partial charge in [0.25, 0.3) is 10.0 Å². The van der Waals surface area contributed by atoms with Gasteiger partial charge in [0.05, 0.1) is 10.9 Å². The van der Waals surface area contributed by atoms with Gasteiger partial charge in [0, 0.05) is 51.9 Å². The molecule has 0 atom stereocenters. The maximum absolute atomic E-state index is 12.4. The standard InChI is InChI=1S/C20H25ClN4O4S2/c1-23(31(28,29)20-8-7-17(21)30-20)15-18(26)22-10-9-19(27)25-13-11-24(12-14-25)16-5-3-2-4-6-16/h2-8H,9-15H2,1H3,(H,22,26). The zero-order valence-corrected chi connectivity index (χ0v) is 19.5. The van der Waals surface area contributed by atoms with Gasteiger partial charge in [-0.2, -0.15) is 4.31 Å². The highest BCUT2D eigenvalue weighted by Gasteiger charge is 2.25. The molecule has 1 aromatic carbocycles. The molecule has 2 amide bonds. The summed E-state index contributed by atoms with van der Waals surface area (Å²) in [5.41, 5.74) is 1.14. The second kappa shape index (κ2) is 10.4. The topological polar surface area (TPSA) is 90.0 Å². The van der Waals surface area contributed by atoms with E-state index in [0.717, 1.165) is 34.4 Å². The number of likely N-dealkylation sites (N-methyl/N-ethyl adjacent to an activating group) is 1. The van der Waals surface area contributed by atoms with Gasteiger partial charge in [-0.05, 0) is 24.3 Å². The van der Waals surface area contributed by atoms with E-state index in [9.17, 15) is 18.0 Å². The summed E-state index contributed by atoms with van der Waals surface area (Å²) < 4.78 is 26.3. The number of nitrogens with zero attached hydrogens (tertiary/aromatic N) is 3. The quantitative estimate of drug-likeness (QED) is 0.617. The van der Waals surface area contributed by atoms with Crippen molar-refractivity contribution in [3.05, 3.63) is 46.8 Å². The minimum atomic E-state index is -3.77. The Morgan fingerprint density at radius 2 is 1.77 bits per heavy atom. The van der Waals surface area contributed by atoms with Crippen LogP contribution < -0.4 is 10.2 Å². The lowest BCUT2D eigenvalue weighted by molar-refractivity contribution is -0.131. The fraction of sp³-hybridized carbons (Fsp3) is 0.400. The van der Waals surface area contributed by atoms with Gasteiger partial charge in [-0.1, -0.05) is 29.8 Å². The van der Waals surface area contributed by atoms with Gasteiger partial charge >= 0.3 is 0 Å². The average Bonchev–Trinajstić information content (AvgIpc) is 3.21. The molecule has 0 bridgehead atoms. The van der Waals surface area contributed by atoms with Gasteiger partial charge in [-0.3, -0.25) is 9.59 Å². The molecule has 1 aliphatic rings. The smallest absolute Gasteiger partial charge is 0.252 e. The van der Waals surface area contributed by atoms with Crippen molar-refractivity contribution in [1.29, 1.82) is 0 Å². The van der Waals surface area contributed by atoms with Crippen LogP contribution in [0.3, 0.4) is 0 Å². The molecule has 8 nitrogen and oxygen atoms in total. The monoisotopic (exact) mass is 484 g/mol. The van der Waals surface area contributed by atoms with Crippen LogP contribution >= 0.6 is 22.9 Å². The Labute approximate surface area is 191 Å². The van der Waals surface area contributed by atoms with E-state index in [4.69, 9.17) is 11.6 Å². The van der Waals surface area contributed by atoms with Crippen molar-refractivity contribution in [1.82, 2.24) is 14.5 Å².